The summed E-state index contributed by atoms with van der Waals surface area (Å²) < 4.78 is 6.54. The molecule has 21 heavy (non-hydrogen) atoms. The molecule has 4 nitrogen and oxygen atoms in total. The van der Waals surface area contributed by atoms with E-state index in [-0.39, 0.29) is 5.75 Å². The number of aromatic nitrogens is 2. The average Bonchev–Trinajstić information content (AvgIpc) is 3.14. The van der Waals surface area contributed by atoms with Gasteiger partial charge in [0, 0.05) is 10.3 Å². The standard InChI is InChI=1S/C16H10N2O2S/c19-12-7-5-10(6-8-12)15-17-16(20-18-15)14-9-11-3-1-2-4-13(11)21-14/h1-9,19H. The number of aromatic hydroxyl groups is 1. The number of thiophene rings is 1. The molecular formula is C16H10N2O2S. The molecule has 0 saturated heterocycles. The van der Waals surface area contributed by atoms with Crippen LogP contribution in [-0.2, 0) is 0 Å². The first-order valence-corrected chi connectivity index (χ1v) is 7.23. The van der Waals surface area contributed by atoms with Gasteiger partial charge in [0.15, 0.2) is 0 Å². The van der Waals surface area contributed by atoms with Crippen molar-refractivity contribution in [2.24, 2.45) is 0 Å². The molecular weight excluding hydrogens is 284 g/mol. The molecule has 0 amide bonds. The molecule has 0 spiro atoms. The number of fused-ring (bicyclic) bond motifs is 1. The van der Waals surface area contributed by atoms with Crippen molar-refractivity contribution in [1.29, 1.82) is 0 Å². The van der Waals surface area contributed by atoms with E-state index in [1.807, 2.05) is 18.2 Å². The van der Waals surface area contributed by atoms with Crippen molar-refractivity contribution in [3.8, 4) is 27.9 Å². The van der Waals surface area contributed by atoms with Crippen molar-refractivity contribution in [3.63, 3.8) is 0 Å². The molecule has 0 unspecified atom stereocenters. The highest BCUT2D eigenvalue weighted by atomic mass is 32.1. The number of hydrogen-bond donors (Lipinski definition) is 1. The Morgan fingerprint density at radius 3 is 2.62 bits per heavy atom. The van der Waals surface area contributed by atoms with Crippen molar-refractivity contribution < 1.29 is 9.63 Å². The van der Waals surface area contributed by atoms with Crippen LogP contribution in [-0.4, -0.2) is 15.2 Å². The van der Waals surface area contributed by atoms with E-state index in [9.17, 15) is 5.11 Å². The quantitative estimate of drug-likeness (QED) is 0.598. The number of phenols is 1. The van der Waals surface area contributed by atoms with Crippen LogP contribution in [0.5, 0.6) is 5.75 Å². The van der Waals surface area contributed by atoms with E-state index >= 15 is 0 Å². The first kappa shape index (κ1) is 12.1. The summed E-state index contributed by atoms with van der Waals surface area (Å²) in [6.07, 6.45) is 0. The fraction of sp³-hybridized carbons (Fsp3) is 0. The average molecular weight is 294 g/mol. The SMILES string of the molecule is Oc1ccc(-c2noc(-c3cc4ccccc4s3)n2)cc1. The maximum Gasteiger partial charge on any atom is 0.268 e. The van der Waals surface area contributed by atoms with Gasteiger partial charge < -0.3 is 9.63 Å². The molecule has 4 rings (SSSR count). The monoisotopic (exact) mass is 294 g/mol. The maximum atomic E-state index is 9.30. The summed E-state index contributed by atoms with van der Waals surface area (Å²) in [5.41, 5.74) is 0.809. The zero-order valence-electron chi connectivity index (χ0n) is 10.9. The van der Waals surface area contributed by atoms with Crippen molar-refractivity contribution in [2.75, 3.05) is 0 Å². The van der Waals surface area contributed by atoms with Gasteiger partial charge in [-0.05, 0) is 41.8 Å². The fourth-order valence-electron chi connectivity index (χ4n) is 2.14. The van der Waals surface area contributed by atoms with Gasteiger partial charge >= 0.3 is 0 Å². The van der Waals surface area contributed by atoms with Crippen LogP contribution in [0.1, 0.15) is 0 Å². The van der Waals surface area contributed by atoms with Gasteiger partial charge in [0.25, 0.3) is 5.89 Å². The topological polar surface area (TPSA) is 59.2 Å². The number of phenolic OH excluding ortho intramolecular Hbond substituents is 1. The van der Waals surface area contributed by atoms with Gasteiger partial charge in [-0.25, -0.2) is 0 Å². The molecule has 4 aromatic rings. The highest BCUT2D eigenvalue weighted by molar-refractivity contribution is 7.22. The summed E-state index contributed by atoms with van der Waals surface area (Å²) in [4.78, 5) is 5.38. The smallest absolute Gasteiger partial charge is 0.268 e. The predicted molar refractivity (Wildman–Crippen MR) is 82.2 cm³/mol. The molecule has 2 heterocycles. The lowest BCUT2D eigenvalue weighted by Gasteiger charge is -1.93. The Bertz CT molecular complexity index is 876. The minimum absolute atomic E-state index is 0.215. The van der Waals surface area contributed by atoms with Crippen molar-refractivity contribution in [3.05, 3.63) is 54.6 Å². The van der Waals surface area contributed by atoms with Gasteiger partial charge in [-0.2, -0.15) is 4.98 Å². The highest BCUT2D eigenvalue weighted by Crippen LogP contribution is 2.33. The van der Waals surface area contributed by atoms with Crippen LogP contribution in [0, 0.1) is 0 Å². The van der Waals surface area contributed by atoms with Crippen molar-refractivity contribution in [2.45, 2.75) is 0 Å². The van der Waals surface area contributed by atoms with E-state index in [4.69, 9.17) is 4.52 Å². The molecule has 0 fully saturated rings. The molecule has 0 saturated carbocycles. The number of benzene rings is 2. The fourth-order valence-corrected chi connectivity index (χ4v) is 3.12. The Morgan fingerprint density at radius 2 is 1.81 bits per heavy atom. The minimum atomic E-state index is 0.215. The lowest BCUT2D eigenvalue weighted by atomic mass is 10.2. The summed E-state index contributed by atoms with van der Waals surface area (Å²) in [7, 11) is 0. The van der Waals surface area contributed by atoms with Gasteiger partial charge in [-0.15, -0.1) is 11.3 Å². The molecule has 2 aromatic carbocycles. The van der Waals surface area contributed by atoms with Crippen LogP contribution in [0.2, 0.25) is 0 Å². The largest absolute Gasteiger partial charge is 0.508 e. The second-order valence-electron chi connectivity index (χ2n) is 4.62. The molecule has 2 aromatic heterocycles. The van der Waals surface area contributed by atoms with Crippen LogP contribution in [0.4, 0.5) is 0 Å². The van der Waals surface area contributed by atoms with E-state index in [0.29, 0.717) is 11.7 Å². The lowest BCUT2D eigenvalue weighted by Crippen LogP contribution is -1.79. The van der Waals surface area contributed by atoms with Gasteiger partial charge in [-0.3, -0.25) is 0 Å². The Kier molecular flexibility index (Phi) is 2.72. The van der Waals surface area contributed by atoms with E-state index in [0.717, 1.165) is 10.4 Å². The van der Waals surface area contributed by atoms with Crippen LogP contribution < -0.4 is 0 Å². The first-order valence-electron chi connectivity index (χ1n) is 6.42. The molecule has 0 aliphatic heterocycles. The molecule has 0 bridgehead atoms. The normalized spacial score (nSPS) is 11.0. The predicted octanol–water partition coefficient (Wildman–Crippen LogP) is 4.32. The molecule has 0 aliphatic rings. The summed E-state index contributed by atoms with van der Waals surface area (Å²) in [6, 6.07) is 16.9. The zero-order chi connectivity index (χ0) is 14.2. The molecule has 0 aliphatic carbocycles. The first-order chi connectivity index (χ1) is 10.3. The Morgan fingerprint density at radius 1 is 1.00 bits per heavy atom. The second kappa shape index (κ2) is 4.71. The molecule has 5 heteroatoms. The minimum Gasteiger partial charge on any atom is -0.508 e. The third kappa shape index (κ3) is 2.17. The third-order valence-electron chi connectivity index (χ3n) is 3.19. The van der Waals surface area contributed by atoms with Crippen LogP contribution in [0.25, 0.3) is 32.2 Å². The summed E-state index contributed by atoms with van der Waals surface area (Å²) >= 11 is 1.63. The third-order valence-corrected chi connectivity index (χ3v) is 4.29. The van der Waals surface area contributed by atoms with Gasteiger partial charge in [0.1, 0.15) is 5.75 Å². The van der Waals surface area contributed by atoms with Crippen LogP contribution in [0.3, 0.4) is 0 Å². The Hall–Kier alpha value is -2.66. The van der Waals surface area contributed by atoms with Gasteiger partial charge in [0.2, 0.25) is 5.82 Å². The molecule has 0 radical (unpaired) electrons. The second-order valence-corrected chi connectivity index (χ2v) is 5.70. The van der Waals surface area contributed by atoms with Gasteiger partial charge in [0.05, 0.1) is 4.88 Å². The maximum absolute atomic E-state index is 9.30. The van der Waals surface area contributed by atoms with E-state index in [1.165, 1.54) is 10.1 Å². The number of nitrogens with zero attached hydrogens (tertiary/aromatic N) is 2. The molecule has 0 atom stereocenters. The summed E-state index contributed by atoms with van der Waals surface area (Å²) in [5, 5.41) is 14.5. The van der Waals surface area contributed by atoms with E-state index < -0.39 is 0 Å². The Labute approximate surface area is 124 Å². The van der Waals surface area contributed by atoms with Crippen LogP contribution in [0.15, 0.2) is 59.1 Å². The van der Waals surface area contributed by atoms with Crippen molar-refractivity contribution in [1.82, 2.24) is 10.1 Å². The van der Waals surface area contributed by atoms with E-state index in [2.05, 4.69) is 22.3 Å². The van der Waals surface area contributed by atoms with Crippen LogP contribution >= 0.6 is 11.3 Å². The molecule has 102 valence electrons. The van der Waals surface area contributed by atoms with Gasteiger partial charge in [-0.1, -0.05) is 23.4 Å². The van der Waals surface area contributed by atoms with Crippen molar-refractivity contribution >= 4 is 21.4 Å². The lowest BCUT2D eigenvalue weighted by molar-refractivity contribution is 0.433. The Balaban J connectivity index is 1.75. The molecule has 1 N–H and O–H groups in total. The summed E-state index contributed by atoms with van der Waals surface area (Å²) in [5.74, 6) is 1.24. The van der Waals surface area contributed by atoms with E-state index in [1.54, 1.807) is 35.6 Å². The summed E-state index contributed by atoms with van der Waals surface area (Å²) in [6.45, 7) is 0. The number of hydrogen-bond acceptors (Lipinski definition) is 5. The number of rotatable bonds is 2. The highest BCUT2D eigenvalue weighted by Gasteiger charge is 2.13. The zero-order valence-corrected chi connectivity index (χ0v) is 11.7.